The van der Waals surface area contributed by atoms with E-state index >= 15 is 0 Å². The van der Waals surface area contributed by atoms with Gasteiger partial charge in [-0.25, -0.2) is 4.79 Å². The van der Waals surface area contributed by atoms with Crippen LogP contribution in [0.5, 0.6) is 0 Å². The second-order valence-electron chi connectivity index (χ2n) is 12.1. The van der Waals surface area contributed by atoms with Crippen LogP contribution in [-0.4, -0.2) is 91.0 Å². The van der Waals surface area contributed by atoms with Gasteiger partial charge in [0.15, 0.2) is 0 Å². The number of anilines is 1. The van der Waals surface area contributed by atoms with Gasteiger partial charge in [-0.3, -0.25) is 19.2 Å². The minimum absolute atomic E-state index is 0.0473. The number of hydrogen-bond acceptors (Lipinski definition) is 9. The monoisotopic (exact) mass is 711 g/mol. The normalized spacial score (nSPS) is 17.1. The maximum Gasteiger partial charge on any atom is 0.335 e. The number of hydrogen-bond donors (Lipinski definition) is 2. The Balaban J connectivity index is 1.33. The van der Waals surface area contributed by atoms with Gasteiger partial charge in [-0.15, -0.1) is 5.10 Å². The Labute approximate surface area is 297 Å². The summed E-state index contributed by atoms with van der Waals surface area (Å²) in [7, 11) is 0. The first-order valence-electron chi connectivity index (χ1n) is 16.4. The van der Waals surface area contributed by atoms with Crippen molar-refractivity contribution >= 4 is 53.0 Å². The maximum absolute atomic E-state index is 14.1. The zero-order valence-electron chi connectivity index (χ0n) is 27.6. The first kappa shape index (κ1) is 35.0. The molecule has 0 aliphatic carbocycles. The molecule has 3 aromatic carbocycles. The largest absolute Gasteiger partial charge is 0.478 e. The number of halogens is 1. The van der Waals surface area contributed by atoms with Crippen LogP contribution in [0.3, 0.4) is 0 Å². The van der Waals surface area contributed by atoms with Gasteiger partial charge in [0.2, 0.25) is 5.91 Å². The summed E-state index contributed by atoms with van der Waals surface area (Å²) in [6.45, 7) is 2.81. The standard InChI is InChI=1S/C36H34ClN7O7/c1-2-51-36(50)24-5-4-17-42(20-24)34(47)29-7-3-6-28-27(29)16-18-43(32(28)33(46)39-26-12-8-22(9-13-26)35(48)49)31(45)15-10-23-19-25(37)11-14-30(23)44-21-38-40-41-44/h3,6-15,19,21,24,32H,2,4-5,16-18,20H2,1H3,(H,39,46)(H,48,49)/b15-10+/t24-,32?/m1/s1. The molecule has 1 unspecified atom stereocenters. The highest BCUT2D eigenvalue weighted by Crippen LogP contribution is 2.35. The fraction of sp³-hybridized carbons (Fsp3) is 0.278. The highest BCUT2D eigenvalue weighted by Gasteiger charge is 2.38. The van der Waals surface area contributed by atoms with Gasteiger partial charge < -0.3 is 25.0 Å². The van der Waals surface area contributed by atoms with Gasteiger partial charge in [0, 0.05) is 47.5 Å². The summed E-state index contributed by atoms with van der Waals surface area (Å²) in [6.07, 6.45) is 5.87. The van der Waals surface area contributed by atoms with E-state index in [0.717, 1.165) is 0 Å². The van der Waals surface area contributed by atoms with E-state index in [4.69, 9.17) is 16.3 Å². The number of likely N-dealkylation sites (tertiary alicyclic amines) is 1. The average Bonchev–Trinajstić information content (AvgIpc) is 3.68. The summed E-state index contributed by atoms with van der Waals surface area (Å²) >= 11 is 6.27. The minimum Gasteiger partial charge on any atom is -0.478 e. The predicted molar refractivity (Wildman–Crippen MR) is 185 cm³/mol. The maximum atomic E-state index is 14.1. The summed E-state index contributed by atoms with van der Waals surface area (Å²) < 4.78 is 6.65. The number of aromatic nitrogens is 4. The Bertz CT molecular complexity index is 2000. The van der Waals surface area contributed by atoms with Crippen LogP contribution in [0.1, 0.15) is 63.2 Å². The molecule has 2 aliphatic heterocycles. The molecular weight excluding hydrogens is 678 g/mol. The number of carboxylic acids is 1. The number of piperidine rings is 1. The molecule has 3 amide bonds. The Hall–Kier alpha value is -5.89. The van der Waals surface area contributed by atoms with Crippen LogP contribution in [0.4, 0.5) is 5.69 Å². The van der Waals surface area contributed by atoms with E-state index in [1.165, 1.54) is 46.3 Å². The summed E-state index contributed by atoms with van der Waals surface area (Å²) in [4.78, 5) is 69.0. The Morgan fingerprint density at radius 3 is 2.59 bits per heavy atom. The zero-order valence-corrected chi connectivity index (χ0v) is 28.3. The van der Waals surface area contributed by atoms with Gasteiger partial charge in [-0.2, -0.15) is 4.68 Å². The summed E-state index contributed by atoms with van der Waals surface area (Å²) in [6, 6.07) is 14.6. The third kappa shape index (κ3) is 7.65. The van der Waals surface area contributed by atoms with Crippen molar-refractivity contribution in [3.63, 3.8) is 0 Å². The fourth-order valence-electron chi connectivity index (χ4n) is 6.48. The quantitative estimate of drug-likeness (QED) is 0.189. The van der Waals surface area contributed by atoms with E-state index in [1.807, 2.05) is 0 Å². The molecule has 0 spiro atoms. The Morgan fingerprint density at radius 1 is 1.06 bits per heavy atom. The number of nitrogens with zero attached hydrogens (tertiary/aromatic N) is 6. The van der Waals surface area contributed by atoms with Crippen LogP contribution in [0.15, 0.2) is 73.1 Å². The number of tetrazole rings is 1. The lowest BCUT2D eigenvalue weighted by Crippen LogP contribution is -2.46. The Morgan fingerprint density at radius 2 is 1.86 bits per heavy atom. The minimum atomic E-state index is -1.15. The van der Waals surface area contributed by atoms with Gasteiger partial charge in [0.1, 0.15) is 12.4 Å². The van der Waals surface area contributed by atoms with E-state index < -0.39 is 29.7 Å². The highest BCUT2D eigenvalue weighted by atomic mass is 35.5. The van der Waals surface area contributed by atoms with Crippen molar-refractivity contribution in [3.05, 3.63) is 106 Å². The first-order valence-corrected chi connectivity index (χ1v) is 16.8. The van der Waals surface area contributed by atoms with Gasteiger partial charge in [-0.05, 0) is 102 Å². The molecule has 0 bridgehead atoms. The number of nitrogens with one attached hydrogen (secondary N) is 1. The van der Waals surface area contributed by atoms with Crippen molar-refractivity contribution < 1.29 is 33.8 Å². The lowest BCUT2D eigenvalue weighted by Gasteiger charge is -2.37. The van der Waals surface area contributed by atoms with Crippen molar-refractivity contribution in [2.45, 2.75) is 32.2 Å². The van der Waals surface area contributed by atoms with Crippen LogP contribution in [0, 0.1) is 5.92 Å². The lowest BCUT2D eigenvalue weighted by molar-refractivity contribution is -0.149. The average molecular weight is 712 g/mol. The van der Waals surface area contributed by atoms with Crippen molar-refractivity contribution in [1.29, 1.82) is 0 Å². The van der Waals surface area contributed by atoms with E-state index in [-0.39, 0.29) is 43.6 Å². The summed E-state index contributed by atoms with van der Waals surface area (Å²) in [5.41, 5.74) is 3.00. The lowest BCUT2D eigenvalue weighted by atomic mass is 9.87. The second kappa shape index (κ2) is 15.3. The van der Waals surface area contributed by atoms with Crippen LogP contribution in [0.25, 0.3) is 11.8 Å². The van der Waals surface area contributed by atoms with Crippen molar-refractivity contribution in [3.8, 4) is 5.69 Å². The summed E-state index contributed by atoms with van der Waals surface area (Å²) in [5.74, 6) is -3.16. The zero-order chi connectivity index (χ0) is 36.1. The molecule has 2 aliphatic rings. The molecule has 3 heterocycles. The van der Waals surface area contributed by atoms with E-state index in [9.17, 15) is 29.1 Å². The van der Waals surface area contributed by atoms with Gasteiger partial charge in [-0.1, -0.05) is 23.7 Å². The third-order valence-electron chi connectivity index (χ3n) is 8.90. The van der Waals surface area contributed by atoms with Crippen LogP contribution >= 0.6 is 11.6 Å². The molecule has 4 aromatic rings. The number of esters is 1. The van der Waals surface area contributed by atoms with Crippen molar-refractivity contribution in [2.75, 3.05) is 31.6 Å². The second-order valence-corrected chi connectivity index (χ2v) is 12.5. The van der Waals surface area contributed by atoms with Crippen molar-refractivity contribution in [1.82, 2.24) is 30.0 Å². The van der Waals surface area contributed by atoms with Crippen molar-refractivity contribution in [2.24, 2.45) is 5.92 Å². The molecule has 1 saturated heterocycles. The van der Waals surface area contributed by atoms with Gasteiger partial charge >= 0.3 is 11.9 Å². The predicted octanol–water partition coefficient (Wildman–Crippen LogP) is 4.21. The number of amides is 3. The molecule has 0 saturated carbocycles. The molecular formula is C36H34ClN7O7. The van der Waals surface area contributed by atoms with Crippen LogP contribution in [0.2, 0.25) is 5.02 Å². The van der Waals surface area contributed by atoms with E-state index in [1.54, 1.807) is 54.3 Å². The number of ether oxygens (including phenoxy) is 1. The number of carbonyl (C=O) groups is 5. The third-order valence-corrected chi connectivity index (χ3v) is 9.14. The van der Waals surface area contributed by atoms with Gasteiger partial charge in [0.05, 0.1) is 23.8 Å². The molecule has 6 rings (SSSR count). The summed E-state index contributed by atoms with van der Waals surface area (Å²) in [5, 5.41) is 23.8. The highest BCUT2D eigenvalue weighted by molar-refractivity contribution is 6.30. The van der Waals surface area contributed by atoms with E-state index in [0.29, 0.717) is 58.0 Å². The number of aromatic carboxylic acids is 1. The molecule has 15 heteroatoms. The fourth-order valence-corrected chi connectivity index (χ4v) is 6.66. The van der Waals surface area contributed by atoms with Gasteiger partial charge in [0.25, 0.3) is 11.8 Å². The number of carbonyl (C=O) groups excluding carboxylic acids is 4. The molecule has 1 fully saturated rings. The smallest absolute Gasteiger partial charge is 0.335 e. The molecule has 0 radical (unpaired) electrons. The van der Waals surface area contributed by atoms with Crippen LogP contribution < -0.4 is 5.32 Å². The number of rotatable bonds is 9. The number of fused-ring (bicyclic) bond motifs is 1. The molecule has 262 valence electrons. The first-order chi connectivity index (χ1) is 24.6. The topological polar surface area (TPSA) is 177 Å². The van der Waals surface area contributed by atoms with E-state index in [2.05, 4.69) is 20.8 Å². The molecule has 51 heavy (non-hydrogen) atoms. The molecule has 2 N–H and O–H groups in total. The number of benzene rings is 3. The van der Waals surface area contributed by atoms with Crippen LogP contribution in [-0.2, 0) is 25.5 Å². The molecule has 1 aromatic heterocycles. The molecule has 2 atom stereocenters. The Kier molecular flexibility index (Phi) is 10.5. The number of carboxylic acid groups (broad SMARTS) is 1. The molecule has 14 nitrogen and oxygen atoms in total. The SMILES string of the molecule is CCOC(=O)[C@@H]1CCCN(C(=O)c2cccc3c2CCN(C(=O)/C=C/c2cc(Cl)ccc2-n2cnnn2)C3C(=O)Nc2ccc(C(=O)O)cc2)C1.